The van der Waals surface area contributed by atoms with Gasteiger partial charge in [-0.05, 0) is 17.9 Å². The van der Waals surface area contributed by atoms with E-state index in [9.17, 15) is 10.1 Å². The summed E-state index contributed by atoms with van der Waals surface area (Å²) in [6.45, 7) is 2.49. The molecule has 0 bridgehead atoms. The van der Waals surface area contributed by atoms with Crippen molar-refractivity contribution in [2.75, 3.05) is 5.32 Å². The molecule has 2 heterocycles. The molecular formula is C17H18N4O2S. The minimum Gasteiger partial charge on any atom is -0.364 e. The van der Waals surface area contributed by atoms with Crippen LogP contribution in [-0.2, 0) is 13.0 Å². The fourth-order valence-electron chi connectivity index (χ4n) is 2.50. The van der Waals surface area contributed by atoms with E-state index >= 15 is 0 Å². The van der Waals surface area contributed by atoms with Crippen molar-refractivity contribution in [1.29, 1.82) is 0 Å². The number of anilines is 1. The molecule has 0 aliphatic carbocycles. The Balaban J connectivity index is 1.87. The number of nitrogens with zero attached hydrogens (tertiary/aromatic N) is 3. The van der Waals surface area contributed by atoms with E-state index in [2.05, 4.69) is 22.2 Å². The SMILES string of the molecule is CCCCc1nc(NCc2ccccc2[N+](=O)[O-])c2sccc2n1. The van der Waals surface area contributed by atoms with Crippen molar-refractivity contribution in [3.05, 3.63) is 57.2 Å². The topological polar surface area (TPSA) is 81.0 Å². The van der Waals surface area contributed by atoms with Crippen molar-refractivity contribution in [3.63, 3.8) is 0 Å². The highest BCUT2D eigenvalue weighted by molar-refractivity contribution is 7.17. The number of fused-ring (bicyclic) bond motifs is 1. The van der Waals surface area contributed by atoms with Crippen LogP contribution < -0.4 is 5.32 Å². The molecule has 1 aromatic carbocycles. The minimum atomic E-state index is -0.357. The molecule has 3 aromatic rings. The fourth-order valence-corrected chi connectivity index (χ4v) is 3.29. The van der Waals surface area contributed by atoms with Crippen LogP contribution in [0, 0.1) is 10.1 Å². The summed E-state index contributed by atoms with van der Waals surface area (Å²) in [6.07, 6.45) is 2.96. The number of nitro groups is 1. The molecule has 7 heteroatoms. The molecule has 0 amide bonds. The molecule has 2 aromatic heterocycles. The van der Waals surface area contributed by atoms with Gasteiger partial charge in [0.15, 0.2) is 0 Å². The van der Waals surface area contributed by atoms with Crippen LogP contribution in [0.1, 0.15) is 31.2 Å². The molecule has 1 N–H and O–H groups in total. The van der Waals surface area contributed by atoms with Gasteiger partial charge in [-0.2, -0.15) is 0 Å². The maximum atomic E-state index is 11.1. The summed E-state index contributed by atoms with van der Waals surface area (Å²) < 4.78 is 0.980. The van der Waals surface area contributed by atoms with E-state index in [0.717, 1.165) is 41.1 Å². The maximum absolute atomic E-state index is 11.1. The van der Waals surface area contributed by atoms with Crippen LogP contribution in [0.5, 0.6) is 0 Å². The van der Waals surface area contributed by atoms with Gasteiger partial charge in [0.25, 0.3) is 5.69 Å². The van der Waals surface area contributed by atoms with Crippen LogP contribution in [0.3, 0.4) is 0 Å². The first-order valence-electron chi connectivity index (χ1n) is 7.89. The lowest BCUT2D eigenvalue weighted by Crippen LogP contribution is -2.06. The molecule has 0 saturated heterocycles. The van der Waals surface area contributed by atoms with Gasteiger partial charge in [0.05, 0.1) is 15.1 Å². The molecule has 24 heavy (non-hydrogen) atoms. The van der Waals surface area contributed by atoms with Gasteiger partial charge >= 0.3 is 0 Å². The van der Waals surface area contributed by atoms with Crippen molar-refractivity contribution in [1.82, 2.24) is 9.97 Å². The van der Waals surface area contributed by atoms with Crippen LogP contribution >= 0.6 is 11.3 Å². The van der Waals surface area contributed by atoms with Crippen molar-refractivity contribution in [2.45, 2.75) is 32.7 Å². The third-order valence-electron chi connectivity index (χ3n) is 3.74. The second-order valence-corrected chi connectivity index (χ2v) is 6.38. The normalized spacial score (nSPS) is 10.9. The van der Waals surface area contributed by atoms with E-state index < -0.39 is 0 Å². The molecule has 3 rings (SSSR count). The highest BCUT2D eigenvalue weighted by atomic mass is 32.1. The van der Waals surface area contributed by atoms with Gasteiger partial charge in [0, 0.05) is 24.6 Å². The molecule has 0 aliphatic heterocycles. The second-order valence-electron chi connectivity index (χ2n) is 5.47. The lowest BCUT2D eigenvalue weighted by atomic mass is 10.2. The lowest BCUT2D eigenvalue weighted by Gasteiger charge is -2.09. The Morgan fingerprint density at radius 3 is 2.88 bits per heavy atom. The third kappa shape index (κ3) is 3.51. The Labute approximate surface area is 143 Å². The van der Waals surface area contributed by atoms with E-state index in [1.165, 1.54) is 6.07 Å². The number of aryl methyl sites for hydroxylation is 1. The van der Waals surface area contributed by atoms with Crippen LogP contribution in [-0.4, -0.2) is 14.9 Å². The average Bonchev–Trinajstić information content (AvgIpc) is 3.06. The zero-order valence-electron chi connectivity index (χ0n) is 13.4. The van der Waals surface area contributed by atoms with E-state index in [4.69, 9.17) is 0 Å². The van der Waals surface area contributed by atoms with Crippen molar-refractivity contribution in [2.24, 2.45) is 0 Å². The standard InChI is InChI=1S/C17H18N4O2S/c1-2-3-8-15-19-13-9-10-24-16(13)17(20-15)18-11-12-6-4-5-7-14(12)21(22)23/h4-7,9-10H,2-3,8,11H2,1H3,(H,18,19,20). The Bertz CT molecular complexity index is 863. The summed E-state index contributed by atoms with van der Waals surface area (Å²) in [7, 11) is 0. The fraction of sp³-hybridized carbons (Fsp3) is 0.294. The number of aromatic nitrogens is 2. The number of thiophene rings is 1. The average molecular weight is 342 g/mol. The number of nitrogens with one attached hydrogen (secondary N) is 1. The van der Waals surface area contributed by atoms with Crippen LogP contribution in [0.15, 0.2) is 35.7 Å². The van der Waals surface area contributed by atoms with Crippen molar-refractivity contribution < 1.29 is 4.92 Å². The van der Waals surface area contributed by atoms with Gasteiger partial charge < -0.3 is 5.32 Å². The Morgan fingerprint density at radius 2 is 2.08 bits per heavy atom. The van der Waals surface area contributed by atoms with Gasteiger partial charge in [0.1, 0.15) is 11.6 Å². The number of para-hydroxylation sites is 1. The highest BCUT2D eigenvalue weighted by Crippen LogP contribution is 2.27. The van der Waals surface area contributed by atoms with Crippen LogP contribution in [0.2, 0.25) is 0 Å². The number of hydrogen-bond acceptors (Lipinski definition) is 6. The summed E-state index contributed by atoms with van der Waals surface area (Å²) in [4.78, 5) is 20.0. The summed E-state index contributed by atoms with van der Waals surface area (Å²) in [5, 5.41) is 16.4. The van der Waals surface area contributed by atoms with Gasteiger partial charge in [0.2, 0.25) is 0 Å². The van der Waals surface area contributed by atoms with E-state index in [0.29, 0.717) is 12.1 Å². The highest BCUT2D eigenvalue weighted by Gasteiger charge is 2.14. The second kappa shape index (κ2) is 7.35. The summed E-state index contributed by atoms with van der Waals surface area (Å²) in [5.74, 6) is 1.56. The zero-order valence-corrected chi connectivity index (χ0v) is 14.2. The summed E-state index contributed by atoms with van der Waals surface area (Å²) in [6, 6.07) is 8.73. The molecule has 6 nitrogen and oxygen atoms in total. The van der Waals surface area contributed by atoms with Crippen molar-refractivity contribution >= 4 is 33.1 Å². The largest absolute Gasteiger partial charge is 0.364 e. The lowest BCUT2D eigenvalue weighted by molar-refractivity contribution is -0.385. The summed E-state index contributed by atoms with van der Waals surface area (Å²) >= 11 is 1.57. The molecule has 0 spiro atoms. The van der Waals surface area contributed by atoms with Crippen LogP contribution in [0.4, 0.5) is 11.5 Å². The van der Waals surface area contributed by atoms with E-state index in [1.54, 1.807) is 29.5 Å². The first-order valence-corrected chi connectivity index (χ1v) is 8.77. The summed E-state index contributed by atoms with van der Waals surface area (Å²) in [5.41, 5.74) is 1.68. The first-order chi connectivity index (χ1) is 11.7. The predicted octanol–water partition coefficient (Wildman–Crippen LogP) is 4.55. The van der Waals surface area contributed by atoms with Gasteiger partial charge in [-0.25, -0.2) is 9.97 Å². The Hall–Kier alpha value is -2.54. The van der Waals surface area contributed by atoms with Crippen LogP contribution in [0.25, 0.3) is 10.2 Å². The molecule has 0 unspecified atom stereocenters. The smallest absolute Gasteiger partial charge is 0.274 e. The number of rotatable bonds is 7. The Kier molecular flexibility index (Phi) is 5.00. The third-order valence-corrected chi connectivity index (χ3v) is 4.65. The number of unbranched alkanes of at least 4 members (excludes halogenated alkanes) is 1. The molecule has 0 atom stereocenters. The van der Waals surface area contributed by atoms with Gasteiger partial charge in [-0.3, -0.25) is 10.1 Å². The maximum Gasteiger partial charge on any atom is 0.274 e. The Morgan fingerprint density at radius 1 is 1.25 bits per heavy atom. The molecular weight excluding hydrogens is 324 g/mol. The van der Waals surface area contributed by atoms with Crippen molar-refractivity contribution in [3.8, 4) is 0 Å². The quantitative estimate of drug-likeness (QED) is 0.503. The van der Waals surface area contributed by atoms with E-state index in [-0.39, 0.29) is 10.6 Å². The number of nitro benzene ring substituents is 1. The predicted molar refractivity (Wildman–Crippen MR) is 96.5 cm³/mol. The molecule has 0 saturated carbocycles. The molecule has 0 fully saturated rings. The van der Waals surface area contributed by atoms with Gasteiger partial charge in [-0.1, -0.05) is 31.5 Å². The monoisotopic (exact) mass is 342 g/mol. The first kappa shape index (κ1) is 16.3. The molecule has 0 radical (unpaired) electrons. The number of benzene rings is 1. The minimum absolute atomic E-state index is 0.118. The zero-order chi connectivity index (χ0) is 16.9. The van der Waals surface area contributed by atoms with Gasteiger partial charge in [-0.15, -0.1) is 11.3 Å². The number of hydrogen-bond donors (Lipinski definition) is 1. The van der Waals surface area contributed by atoms with E-state index in [1.807, 2.05) is 11.4 Å². The molecule has 0 aliphatic rings. The molecule has 124 valence electrons.